The van der Waals surface area contributed by atoms with Crippen LogP contribution in [-0.2, 0) is 16.1 Å². The molecule has 9 heteroatoms. The Labute approximate surface area is 194 Å². The molecule has 1 aliphatic carbocycles. The second-order valence-corrected chi connectivity index (χ2v) is 9.13. The van der Waals surface area contributed by atoms with Crippen LogP contribution < -0.4 is 10.6 Å². The molecule has 0 aromatic heterocycles. The van der Waals surface area contributed by atoms with Gasteiger partial charge >= 0.3 is 0 Å². The van der Waals surface area contributed by atoms with Crippen LogP contribution in [0, 0.1) is 11.7 Å². The van der Waals surface area contributed by atoms with E-state index in [0.717, 1.165) is 12.8 Å². The summed E-state index contributed by atoms with van der Waals surface area (Å²) >= 11 is 6.24. The Morgan fingerprint density at radius 1 is 1.12 bits per heavy atom. The Kier molecular flexibility index (Phi) is 5.40. The molecule has 2 N–H and O–H groups in total. The van der Waals surface area contributed by atoms with Gasteiger partial charge in [0.15, 0.2) is 0 Å². The Morgan fingerprint density at radius 2 is 1.91 bits per heavy atom. The smallest absolute Gasteiger partial charge is 0.255 e. The lowest BCUT2D eigenvalue weighted by Gasteiger charge is -2.29. The number of hydrogen-bond donors (Lipinski definition) is 2. The van der Waals surface area contributed by atoms with Gasteiger partial charge in [-0.3, -0.25) is 24.5 Å². The fourth-order valence-electron chi connectivity index (χ4n) is 4.57. The van der Waals surface area contributed by atoms with Crippen molar-refractivity contribution in [3.05, 3.63) is 69.5 Å². The topological polar surface area (TPSA) is 95.6 Å². The molecule has 0 bridgehead atoms. The summed E-state index contributed by atoms with van der Waals surface area (Å²) in [6, 6.07) is 7.95. The first-order chi connectivity index (χ1) is 15.8. The largest absolute Gasteiger partial charge is 0.345 e. The third-order valence-corrected chi connectivity index (χ3v) is 6.79. The zero-order valence-corrected chi connectivity index (χ0v) is 18.3. The number of carbonyl (C=O) groups excluding carboxylic acids is 4. The normalized spacial score (nSPS) is 21.0. The van der Waals surface area contributed by atoms with Gasteiger partial charge in [-0.15, -0.1) is 0 Å². The highest BCUT2D eigenvalue weighted by Gasteiger charge is 2.39. The highest BCUT2D eigenvalue weighted by Crippen LogP contribution is 2.43. The summed E-state index contributed by atoms with van der Waals surface area (Å²) in [6.45, 7) is 0.192. The average Bonchev–Trinajstić information content (AvgIpc) is 3.56. The van der Waals surface area contributed by atoms with Crippen molar-refractivity contribution in [3.8, 4) is 0 Å². The number of benzene rings is 2. The van der Waals surface area contributed by atoms with Crippen LogP contribution in [0.1, 0.15) is 63.6 Å². The maximum atomic E-state index is 13.5. The monoisotopic (exact) mass is 469 g/mol. The molecular weight excluding hydrogens is 449 g/mol. The summed E-state index contributed by atoms with van der Waals surface area (Å²) in [5.41, 5.74) is 2.15. The molecule has 2 aliphatic heterocycles. The molecular formula is C24H21ClFN3O4. The number of carbonyl (C=O) groups is 4. The maximum absolute atomic E-state index is 13.5. The summed E-state index contributed by atoms with van der Waals surface area (Å²) in [5, 5.41) is 5.56. The van der Waals surface area contributed by atoms with Crippen LogP contribution in [0.15, 0.2) is 36.4 Å². The van der Waals surface area contributed by atoms with Crippen LogP contribution in [0.4, 0.5) is 4.39 Å². The zero-order valence-electron chi connectivity index (χ0n) is 17.6. The van der Waals surface area contributed by atoms with Crippen LogP contribution in [0.3, 0.4) is 0 Å². The minimum atomic E-state index is -0.709. The summed E-state index contributed by atoms with van der Waals surface area (Å²) < 4.78 is 13.5. The molecule has 2 fully saturated rings. The second kappa shape index (κ2) is 8.26. The number of hydrogen-bond acceptors (Lipinski definition) is 4. The number of nitrogens with one attached hydrogen (secondary N) is 2. The number of rotatable bonds is 5. The van der Waals surface area contributed by atoms with Crippen molar-refractivity contribution in [1.29, 1.82) is 0 Å². The standard InChI is InChI=1S/C24H21ClFN3O4/c25-18-10-15(26)4-6-17(18)21(12-1-2-12)28-22(31)13-3-5-16-14(9-13)11-29(24(16)33)19-7-8-20(30)27-23(19)32/h3-6,9-10,12,19,21H,1-2,7-8,11H2,(H,28,31)(H,27,30,32)/t19?,21-/m1/s1. The highest BCUT2D eigenvalue weighted by atomic mass is 35.5. The molecule has 1 saturated carbocycles. The maximum Gasteiger partial charge on any atom is 0.255 e. The number of fused-ring (bicyclic) bond motifs is 1. The summed E-state index contributed by atoms with van der Waals surface area (Å²) in [5.74, 6) is -1.63. The van der Waals surface area contributed by atoms with Crippen LogP contribution >= 0.6 is 11.6 Å². The van der Waals surface area contributed by atoms with Gasteiger partial charge in [0.25, 0.3) is 11.8 Å². The van der Waals surface area contributed by atoms with Crippen molar-refractivity contribution in [1.82, 2.24) is 15.5 Å². The van der Waals surface area contributed by atoms with Gasteiger partial charge < -0.3 is 10.2 Å². The predicted octanol–water partition coefficient (Wildman–Crippen LogP) is 3.12. The third-order valence-electron chi connectivity index (χ3n) is 6.46. The van der Waals surface area contributed by atoms with Gasteiger partial charge in [0.05, 0.1) is 6.04 Å². The van der Waals surface area contributed by atoms with Gasteiger partial charge in [0, 0.05) is 29.1 Å². The fraction of sp³-hybridized carbons (Fsp3) is 0.333. The third kappa shape index (κ3) is 4.11. The lowest BCUT2D eigenvalue weighted by Crippen LogP contribution is -2.52. The number of imide groups is 1. The molecule has 1 saturated heterocycles. The van der Waals surface area contributed by atoms with Gasteiger partial charge in [0.2, 0.25) is 11.8 Å². The Morgan fingerprint density at radius 3 is 2.61 bits per heavy atom. The molecule has 170 valence electrons. The molecule has 1 unspecified atom stereocenters. The van der Waals surface area contributed by atoms with Crippen molar-refractivity contribution < 1.29 is 23.6 Å². The van der Waals surface area contributed by atoms with E-state index in [1.54, 1.807) is 24.3 Å². The molecule has 4 amide bonds. The van der Waals surface area contributed by atoms with E-state index < -0.39 is 17.8 Å². The Balaban J connectivity index is 1.34. The summed E-state index contributed by atoms with van der Waals surface area (Å²) in [7, 11) is 0. The molecule has 2 aromatic rings. The first-order valence-corrected chi connectivity index (χ1v) is 11.2. The van der Waals surface area contributed by atoms with Crippen LogP contribution in [-0.4, -0.2) is 34.6 Å². The number of nitrogens with zero attached hydrogens (tertiary/aromatic N) is 1. The van der Waals surface area contributed by atoms with E-state index in [4.69, 9.17) is 11.6 Å². The van der Waals surface area contributed by atoms with Crippen molar-refractivity contribution >= 4 is 35.2 Å². The van der Waals surface area contributed by atoms with Crippen molar-refractivity contribution in [2.45, 2.75) is 44.3 Å². The Hall–Kier alpha value is -3.26. The van der Waals surface area contributed by atoms with Crippen molar-refractivity contribution in [2.75, 3.05) is 0 Å². The quantitative estimate of drug-likeness (QED) is 0.658. The van der Waals surface area contributed by atoms with Crippen molar-refractivity contribution in [3.63, 3.8) is 0 Å². The van der Waals surface area contributed by atoms with Crippen LogP contribution in [0.2, 0.25) is 5.02 Å². The van der Waals surface area contributed by atoms with Gasteiger partial charge in [-0.25, -0.2) is 4.39 Å². The van der Waals surface area contributed by atoms with Gasteiger partial charge in [-0.2, -0.15) is 0 Å². The molecule has 3 aliphatic rings. The van der Waals surface area contributed by atoms with E-state index in [0.29, 0.717) is 22.3 Å². The molecule has 2 atom stereocenters. The van der Waals surface area contributed by atoms with E-state index in [1.807, 2.05) is 0 Å². The van der Waals surface area contributed by atoms with Gasteiger partial charge in [-0.05, 0) is 66.6 Å². The number of amides is 4. The number of halogens is 2. The first-order valence-electron chi connectivity index (χ1n) is 10.8. The van der Waals surface area contributed by atoms with E-state index in [2.05, 4.69) is 10.6 Å². The molecule has 2 heterocycles. The lowest BCUT2D eigenvalue weighted by molar-refractivity contribution is -0.136. The lowest BCUT2D eigenvalue weighted by atomic mass is 10.0. The van der Waals surface area contributed by atoms with Crippen LogP contribution in [0.5, 0.6) is 0 Å². The first kappa shape index (κ1) is 21.6. The SMILES string of the molecule is O=C1CCC(N2Cc3cc(C(=O)N[C@@H](c4ccc(F)cc4Cl)C4CC4)ccc3C2=O)C(=O)N1. The minimum Gasteiger partial charge on any atom is -0.345 e. The molecule has 0 radical (unpaired) electrons. The zero-order chi connectivity index (χ0) is 23.3. The molecule has 2 aromatic carbocycles. The van der Waals surface area contributed by atoms with Gasteiger partial charge in [-0.1, -0.05) is 17.7 Å². The Bertz CT molecular complexity index is 1200. The minimum absolute atomic E-state index is 0.179. The molecule has 33 heavy (non-hydrogen) atoms. The highest BCUT2D eigenvalue weighted by molar-refractivity contribution is 6.31. The van der Waals surface area contributed by atoms with E-state index in [-0.39, 0.29) is 54.1 Å². The molecule has 7 nitrogen and oxygen atoms in total. The van der Waals surface area contributed by atoms with E-state index in [9.17, 15) is 23.6 Å². The summed E-state index contributed by atoms with van der Waals surface area (Å²) in [6.07, 6.45) is 2.34. The second-order valence-electron chi connectivity index (χ2n) is 8.73. The summed E-state index contributed by atoms with van der Waals surface area (Å²) in [4.78, 5) is 51.0. The van der Waals surface area contributed by atoms with Crippen molar-refractivity contribution in [2.24, 2.45) is 5.92 Å². The van der Waals surface area contributed by atoms with E-state index in [1.165, 1.54) is 17.0 Å². The average molecular weight is 470 g/mol. The van der Waals surface area contributed by atoms with Gasteiger partial charge in [0.1, 0.15) is 11.9 Å². The van der Waals surface area contributed by atoms with E-state index >= 15 is 0 Å². The molecule has 0 spiro atoms. The fourth-order valence-corrected chi connectivity index (χ4v) is 4.86. The predicted molar refractivity (Wildman–Crippen MR) is 117 cm³/mol. The molecule has 5 rings (SSSR count). The van der Waals surface area contributed by atoms with Crippen LogP contribution in [0.25, 0.3) is 0 Å². The number of piperidine rings is 1.